The molecule has 3 aromatic rings. The molecule has 2 aromatic carbocycles. The van der Waals surface area contributed by atoms with E-state index >= 15 is 0 Å². The summed E-state index contributed by atoms with van der Waals surface area (Å²) in [7, 11) is -3.72. The van der Waals surface area contributed by atoms with Crippen LogP contribution in [-0.2, 0) is 10.0 Å². The molecule has 1 aromatic heterocycles. The molecule has 0 radical (unpaired) electrons. The van der Waals surface area contributed by atoms with Gasteiger partial charge in [0.25, 0.3) is 10.0 Å². The highest BCUT2D eigenvalue weighted by molar-refractivity contribution is 7.90. The zero-order chi connectivity index (χ0) is 18.0. The molecule has 8 heteroatoms. The van der Waals surface area contributed by atoms with Gasteiger partial charge in [-0.15, -0.1) is 0 Å². The molecule has 3 rings (SSSR count). The van der Waals surface area contributed by atoms with Crippen LogP contribution in [0.15, 0.2) is 64.7 Å². The molecular formula is C17H16N4O2S2. The van der Waals surface area contributed by atoms with Crippen LogP contribution in [0.3, 0.4) is 0 Å². The van der Waals surface area contributed by atoms with Crippen molar-refractivity contribution in [3.8, 4) is 0 Å². The zero-order valence-corrected chi connectivity index (χ0v) is 15.0. The summed E-state index contributed by atoms with van der Waals surface area (Å²) in [6, 6.07) is 13.9. The van der Waals surface area contributed by atoms with Gasteiger partial charge in [-0.05, 0) is 37.3 Å². The minimum absolute atomic E-state index is 0.0345. The molecule has 25 heavy (non-hydrogen) atoms. The number of aryl methyl sites for hydroxylation is 1. The summed E-state index contributed by atoms with van der Waals surface area (Å²) in [5, 5.41) is 4.71. The lowest BCUT2D eigenvalue weighted by Gasteiger charge is -2.07. The number of hydrogen-bond donors (Lipinski definition) is 2. The summed E-state index contributed by atoms with van der Waals surface area (Å²) >= 11 is 4.70. The van der Waals surface area contributed by atoms with Gasteiger partial charge in [-0.2, -0.15) is 5.10 Å². The molecule has 6 nitrogen and oxygen atoms in total. The van der Waals surface area contributed by atoms with E-state index in [0.717, 1.165) is 10.9 Å². The summed E-state index contributed by atoms with van der Waals surface area (Å²) in [6.45, 7) is 1.91. The standard InChI is InChI=1S/C17H16N4O2S2/c1-12-6-8-14(9-7-12)25(22,23)21-11-13(10-19-20-17(18)24)15-4-2-3-5-16(15)21/h2-11H,1H3,(H3,18,20,24). The molecule has 128 valence electrons. The molecule has 0 unspecified atom stereocenters. The number of nitrogens with zero attached hydrogens (tertiary/aromatic N) is 2. The van der Waals surface area contributed by atoms with Crippen LogP contribution >= 0.6 is 12.2 Å². The van der Waals surface area contributed by atoms with Crippen LogP contribution in [0.25, 0.3) is 10.9 Å². The van der Waals surface area contributed by atoms with Gasteiger partial charge in [0.05, 0.1) is 16.6 Å². The van der Waals surface area contributed by atoms with Crippen LogP contribution in [0.2, 0.25) is 0 Å². The topological polar surface area (TPSA) is 89.5 Å². The number of aromatic nitrogens is 1. The number of fused-ring (bicyclic) bond motifs is 1. The first kappa shape index (κ1) is 17.1. The van der Waals surface area contributed by atoms with Crippen LogP contribution in [0.1, 0.15) is 11.1 Å². The lowest BCUT2D eigenvalue weighted by atomic mass is 10.2. The molecule has 0 aliphatic heterocycles. The van der Waals surface area contributed by atoms with E-state index < -0.39 is 10.0 Å². The second-order valence-corrected chi connectivity index (χ2v) is 7.70. The average Bonchev–Trinajstić information content (AvgIpc) is 2.95. The van der Waals surface area contributed by atoms with Gasteiger partial charge in [0.1, 0.15) is 0 Å². The van der Waals surface area contributed by atoms with Crippen molar-refractivity contribution in [1.29, 1.82) is 0 Å². The fraction of sp³-hybridized carbons (Fsp3) is 0.0588. The molecule has 0 saturated carbocycles. The summed E-state index contributed by atoms with van der Waals surface area (Å²) < 4.78 is 27.3. The zero-order valence-electron chi connectivity index (χ0n) is 13.4. The van der Waals surface area contributed by atoms with E-state index in [2.05, 4.69) is 10.5 Å². The molecule has 3 N–H and O–H groups in total. The third-order valence-electron chi connectivity index (χ3n) is 3.66. The van der Waals surface area contributed by atoms with Crippen LogP contribution < -0.4 is 11.2 Å². The maximum absolute atomic E-state index is 13.0. The van der Waals surface area contributed by atoms with Gasteiger partial charge in [0.15, 0.2) is 5.11 Å². The first-order valence-corrected chi connectivity index (χ1v) is 9.25. The third-order valence-corrected chi connectivity index (χ3v) is 5.44. The van der Waals surface area contributed by atoms with Crippen molar-refractivity contribution >= 4 is 44.5 Å². The lowest BCUT2D eigenvalue weighted by molar-refractivity contribution is 0.589. The number of hydrazone groups is 1. The summed E-state index contributed by atoms with van der Waals surface area (Å²) in [6.07, 6.45) is 3.02. The first-order valence-electron chi connectivity index (χ1n) is 7.40. The molecule has 1 heterocycles. The van der Waals surface area contributed by atoms with Crippen LogP contribution in [0, 0.1) is 6.92 Å². The van der Waals surface area contributed by atoms with Crippen LogP contribution in [0.5, 0.6) is 0 Å². The molecule has 0 fully saturated rings. The molecule has 0 amide bonds. The average molecular weight is 372 g/mol. The Hall–Kier alpha value is -2.71. The van der Waals surface area contributed by atoms with Crippen molar-refractivity contribution in [2.45, 2.75) is 11.8 Å². The normalized spacial score (nSPS) is 11.9. The van der Waals surface area contributed by atoms with Gasteiger partial charge < -0.3 is 5.73 Å². The Balaban J connectivity index is 2.15. The monoisotopic (exact) mass is 372 g/mol. The molecule has 0 saturated heterocycles. The predicted molar refractivity (Wildman–Crippen MR) is 103 cm³/mol. The molecule has 0 spiro atoms. The highest BCUT2D eigenvalue weighted by Gasteiger charge is 2.20. The van der Waals surface area contributed by atoms with Crippen molar-refractivity contribution in [3.05, 3.63) is 65.9 Å². The Kier molecular flexibility index (Phi) is 4.56. The largest absolute Gasteiger partial charge is 0.375 e. The van der Waals surface area contributed by atoms with Crippen molar-refractivity contribution in [2.24, 2.45) is 10.8 Å². The number of hydrogen-bond acceptors (Lipinski definition) is 4. The Labute approximate surface area is 151 Å². The molecule has 0 bridgehead atoms. The molecule has 0 aliphatic rings. The number of para-hydroxylation sites is 1. The molecule has 0 atom stereocenters. The number of nitrogens with two attached hydrogens (primary N) is 1. The molecule has 0 aliphatic carbocycles. The number of rotatable bonds is 4. The summed E-state index contributed by atoms with van der Waals surface area (Å²) in [4.78, 5) is 0.226. The predicted octanol–water partition coefficient (Wildman–Crippen LogP) is 2.35. The number of nitrogens with one attached hydrogen (secondary N) is 1. The van der Waals surface area contributed by atoms with Gasteiger partial charge in [-0.3, -0.25) is 5.43 Å². The van der Waals surface area contributed by atoms with E-state index in [9.17, 15) is 8.42 Å². The van der Waals surface area contributed by atoms with Crippen molar-refractivity contribution in [3.63, 3.8) is 0 Å². The Bertz CT molecular complexity index is 1070. The van der Waals surface area contributed by atoms with Crippen molar-refractivity contribution in [2.75, 3.05) is 0 Å². The Morgan fingerprint density at radius 2 is 1.88 bits per heavy atom. The highest BCUT2D eigenvalue weighted by atomic mass is 32.2. The minimum atomic E-state index is -3.72. The van der Waals surface area contributed by atoms with Gasteiger partial charge >= 0.3 is 0 Å². The third kappa shape index (κ3) is 3.40. The maximum atomic E-state index is 13.0. The maximum Gasteiger partial charge on any atom is 0.268 e. The smallest absolute Gasteiger partial charge is 0.268 e. The second kappa shape index (κ2) is 6.66. The van der Waals surface area contributed by atoms with E-state index in [1.807, 2.05) is 19.1 Å². The Morgan fingerprint density at radius 3 is 2.56 bits per heavy atom. The number of thiocarbonyl (C=S) groups is 1. The van der Waals surface area contributed by atoms with Crippen molar-refractivity contribution in [1.82, 2.24) is 9.40 Å². The minimum Gasteiger partial charge on any atom is -0.375 e. The van der Waals surface area contributed by atoms with Crippen LogP contribution in [0.4, 0.5) is 0 Å². The van der Waals surface area contributed by atoms with Gasteiger partial charge in [-0.25, -0.2) is 12.4 Å². The van der Waals surface area contributed by atoms with Crippen molar-refractivity contribution < 1.29 is 8.42 Å². The Morgan fingerprint density at radius 1 is 1.20 bits per heavy atom. The van der Waals surface area contributed by atoms with Crippen LogP contribution in [-0.4, -0.2) is 23.7 Å². The number of benzene rings is 2. The van der Waals surface area contributed by atoms with E-state index in [0.29, 0.717) is 11.1 Å². The second-order valence-electron chi connectivity index (χ2n) is 5.45. The SMILES string of the molecule is Cc1ccc(S(=O)(=O)n2cc(C=NNC(N)=S)c3ccccc32)cc1. The van der Waals surface area contributed by atoms with Gasteiger partial charge in [0.2, 0.25) is 0 Å². The van der Waals surface area contributed by atoms with E-state index in [1.165, 1.54) is 16.4 Å². The summed E-state index contributed by atoms with van der Waals surface area (Å²) in [5.74, 6) is 0. The quantitative estimate of drug-likeness (QED) is 0.417. The fourth-order valence-corrected chi connectivity index (χ4v) is 3.90. The lowest BCUT2D eigenvalue weighted by Crippen LogP contribution is -2.23. The summed E-state index contributed by atoms with van der Waals surface area (Å²) in [5.41, 5.74) is 10.00. The highest BCUT2D eigenvalue weighted by Crippen LogP contribution is 2.25. The fourth-order valence-electron chi connectivity index (χ4n) is 2.47. The van der Waals surface area contributed by atoms with E-state index in [-0.39, 0.29) is 10.0 Å². The molecular weight excluding hydrogens is 356 g/mol. The van der Waals surface area contributed by atoms with E-state index in [4.69, 9.17) is 18.0 Å². The van der Waals surface area contributed by atoms with E-state index in [1.54, 1.807) is 36.4 Å². The van der Waals surface area contributed by atoms with Gasteiger partial charge in [-0.1, -0.05) is 35.9 Å². The van der Waals surface area contributed by atoms with Gasteiger partial charge in [0, 0.05) is 17.1 Å². The first-order chi connectivity index (χ1) is 11.9.